The molecule has 0 fully saturated rings. The summed E-state index contributed by atoms with van der Waals surface area (Å²) in [6, 6.07) is 7.33. The molecule has 0 bridgehead atoms. The molecule has 8 heteroatoms. The zero-order chi connectivity index (χ0) is 13.5. The maximum atomic E-state index is 8.68. The molecule has 2 rings (SSSR count). The van der Waals surface area contributed by atoms with Crippen molar-refractivity contribution in [2.75, 3.05) is 18.1 Å². The second-order valence-electron chi connectivity index (χ2n) is 3.35. The zero-order valence-electron chi connectivity index (χ0n) is 10.0. The van der Waals surface area contributed by atoms with Crippen molar-refractivity contribution in [3.63, 3.8) is 0 Å². The van der Waals surface area contributed by atoms with Crippen LogP contribution in [0.1, 0.15) is 0 Å². The van der Waals surface area contributed by atoms with Crippen molar-refractivity contribution in [1.82, 2.24) is 9.97 Å². The minimum atomic E-state index is 0.558. The Morgan fingerprint density at radius 2 is 1.58 bits per heavy atom. The third kappa shape index (κ3) is 4.28. The van der Waals surface area contributed by atoms with Gasteiger partial charge >= 0.3 is 0 Å². The SMILES string of the molecule is CONc1ccc(SSc2ccc(NO)cn2)nc1. The average molecular weight is 296 g/mol. The van der Waals surface area contributed by atoms with Crippen LogP contribution in [0.15, 0.2) is 46.7 Å². The Balaban J connectivity index is 1.90. The Kier molecular flexibility index (Phi) is 5.28. The van der Waals surface area contributed by atoms with E-state index in [0.717, 1.165) is 15.7 Å². The van der Waals surface area contributed by atoms with E-state index in [1.807, 2.05) is 23.7 Å². The van der Waals surface area contributed by atoms with Crippen molar-refractivity contribution in [1.29, 1.82) is 0 Å². The fourth-order valence-electron chi connectivity index (χ4n) is 1.19. The predicted octanol–water partition coefficient (Wildman–Crippen LogP) is 3.05. The highest BCUT2D eigenvalue weighted by molar-refractivity contribution is 8.76. The van der Waals surface area contributed by atoms with Gasteiger partial charge in [0.25, 0.3) is 0 Å². The molecule has 2 heterocycles. The summed E-state index contributed by atoms with van der Waals surface area (Å²) in [6.07, 6.45) is 3.25. The quantitative estimate of drug-likeness (QED) is 0.554. The van der Waals surface area contributed by atoms with Crippen LogP contribution in [0.5, 0.6) is 0 Å². The molecule has 2 aromatic heterocycles. The lowest BCUT2D eigenvalue weighted by Crippen LogP contribution is -1.95. The molecule has 2 aromatic rings. The lowest BCUT2D eigenvalue weighted by atomic mass is 10.4. The summed E-state index contributed by atoms with van der Waals surface area (Å²) < 4.78 is 0. The van der Waals surface area contributed by atoms with Crippen LogP contribution in [0.2, 0.25) is 0 Å². The third-order valence-electron chi connectivity index (χ3n) is 2.03. The molecule has 0 aliphatic rings. The first-order valence-corrected chi connectivity index (χ1v) is 7.42. The van der Waals surface area contributed by atoms with Crippen LogP contribution in [-0.4, -0.2) is 22.3 Å². The van der Waals surface area contributed by atoms with E-state index in [0.29, 0.717) is 5.69 Å². The van der Waals surface area contributed by atoms with Gasteiger partial charge in [-0.1, -0.05) is 0 Å². The van der Waals surface area contributed by atoms with Crippen LogP contribution in [0.25, 0.3) is 0 Å². The van der Waals surface area contributed by atoms with Crippen molar-refractivity contribution in [2.45, 2.75) is 10.1 Å². The molecule has 0 amide bonds. The molecule has 0 radical (unpaired) electrons. The van der Waals surface area contributed by atoms with E-state index in [1.54, 1.807) is 25.6 Å². The van der Waals surface area contributed by atoms with Gasteiger partial charge in [0.15, 0.2) is 0 Å². The van der Waals surface area contributed by atoms with Gasteiger partial charge in [-0.2, -0.15) is 0 Å². The van der Waals surface area contributed by atoms with Crippen molar-refractivity contribution in [2.24, 2.45) is 0 Å². The van der Waals surface area contributed by atoms with Gasteiger partial charge in [-0.05, 0) is 45.9 Å². The van der Waals surface area contributed by atoms with Gasteiger partial charge in [0.2, 0.25) is 0 Å². The molecule has 0 aromatic carbocycles. The predicted molar refractivity (Wildman–Crippen MR) is 76.2 cm³/mol. The lowest BCUT2D eigenvalue weighted by molar-refractivity contribution is 0.271. The van der Waals surface area contributed by atoms with Crippen molar-refractivity contribution in [3.05, 3.63) is 36.7 Å². The summed E-state index contributed by atoms with van der Waals surface area (Å²) in [5, 5.41) is 10.4. The fraction of sp³-hybridized carbons (Fsp3) is 0.0909. The highest BCUT2D eigenvalue weighted by Gasteiger charge is 2.01. The maximum absolute atomic E-state index is 8.68. The molecule has 0 aliphatic carbocycles. The number of aromatic nitrogens is 2. The summed E-state index contributed by atoms with van der Waals surface area (Å²) >= 11 is 0. The van der Waals surface area contributed by atoms with E-state index in [9.17, 15) is 0 Å². The molecule has 0 aliphatic heterocycles. The van der Waals surface area contributed by atoms with Gasteiger partial charge < -0.3 is 0 Å². The molecule has 0 unspecified atom stereocenters. The molecule has 6 nitrogen and oxygen atoms in total. The van der Waals surface area contributed by atoms with E-state index in [1.165, 1.54) is 21.6 Å². The van der Waals surface area contributed by atoms with E-state index in [4.69, 9.17) is 10.0 Å². The van der Waals surface area contributed by atoms with Gasteiger partial charge in [0, 0.05) is 0 Å². The average Bonchev–Trinajstić information content (AvgIpc) is 2.47. The van der Waals surface area contributed by atoms with Gasteiger partial charge in [0.05, 0.1) is 30.9 Å². The van der Waals surface area contributed by atoms with Crippen molar-refractivity contribution in [3.8, 4) is 0 Å². The Bertz CT molecular complexity index is 507. The Labute approximate surface area is 118 Å². The molecule has 19 heavy (non-hydrogen) atoms. The van der Waals surface area contributed by atoms with Gasteiger partial charge in [-0.15, -0.1) is 0 Å². The highest BCUT2D eigenvalue weighted by Crippen LogP contribution is 2.35. The lowest BCUT2D eigenvalue weighted by Gasteiger charge is -2.04. The smallest absolute Gasteiger partial charge is 0.107 e. The molecule has 0 saturated heterocycles. The number of nitrogens with zero attached hydrogens (tertiary/aromatic N) is 2. The highest BCUT2D eigenvalue weighted by atomic mass is 33.1. The molecular weight excluding hydrogens is 284 g/mol. The Morgan fingerprint density at radius 1 is 1.00 bits per heavy atom. The maximum Gasteiger partial charge on any atom is 0.107 e. The Morgan fingerprint density at radius 3 is 2.00 bits per heavy atom. The van der Waals surface area contributed by atoms with Gasteiger partial charge in [-0.3, -0.25) is 21.0 Å². The first-order valence-electron chi connectivity index (χ1n) is 5.27. The van der Waals surface area contributed by atoms with Crippen LogP contribution < -0.4 is 11.0 Å². The van der Waals surface area contributed by atoms with E-state index in [-0.39, 0.29) is 0 Å². The van der Waals surface area contributed by atoms with E-state index >= 15 is 0 Å². The van der Waals surface area contributed by atoms with Crippen LogP contribution in [0.3, 0.4) is 0 Å². The number of nitrogens with one attached hydrogen (secondary N) is 2. The van der Waals surface area contributed by atoms with E-state index < -0.39 is 0 Å². The minimum Gasteiger partial charge on any atom is -0.291 e. The van der Waals surface area contributed by atoms with Crippen LogP contribution in [0.4, 0.5) is 11.4 Å². The molecule has 0 spiro atoms. The van der Waals surface area contributed by atoms with E-state index in [2.05, 4.69) is 15.4 Å². The molecule has 0 atom stereocenters. The summed E-state index contributed by atoms with van der Waals surface area (Å²) in [5.41, 5.74) is 6.09. The number of rotatable bonds is 6. The Hall–Kier alpha value is -1.48. The summed E-state index contributed by atoms with van der Waals surface area (Å²) in [5.74, 6) is 0. The second-order valence-corrected chi connectivity index (χ2v) is 5.52. The van der Waals surface area contributed by atoms with Gasteiger partial charge in [-0.25, -0.2) is 9.97 Å². The number of pyridine rings is 2. The normalized spacial score (nSPS) is 10.2. The first kappa shape index (κ1) is 13.9. The second kappa shape index (κ2) is 7.19. The third-order valence-corrected chi connectivity index (χ3v) is 4.22. The first-order chi connectivity index (χ1) is 9.31. The summed E-state index contributed by atoms with van der Waals surface area (Å²) in [4.78, 5) is 13.2. The zero-order valence-corrected chi connectivity index (χ0v) is 11.7. The fourth-order valence-corrected chi connectivity index (χ4v) is 2.90. The van der Waals surface area contributed by atoms with Crippen molar-refractivity contribution < 1.29 is 10.0 Å². The standard InChI is InChI=1S/C11H12N4O2S2/c1-17-15-9-3-5-11(13-7-9)19-18-10-4-2-8(14-16)6-12-10/h2-7,14-16H,1H3. The van der Waals surface area contributed by atoms with Crippen LogP contribution in [-0.2, 0) is 4.84 Å². The summed E-state index contributed by atoms with van der Waals surface area (Å²) in [7, 11) is 4.55. The molecule has 100 valence electrons. The topological polar surface area (TPSA) is 79.3 Å². The van der Waals surface area contributed by atoms with Gasteiger partial charge in [0.1, 0.15) is 10.1 Å². The molecule has 3 N–H and O–H groups in total. The molecule has 0 saturated carbocycles. The monoisotopic (exact) mass is 296 g/mol. The van der Waals surface area contributed by atoms with Crippen LogP contribution in [0, 0.1) is 0 Å². The van der Waals surface area contributed by atoms with Crippen LogP contribution >= 0.6 is 21.6 Å². The largest absolute Gasteiger partial charge is 0.291 e. The number of anilines is 2. The van der Waals surface area contributed by atoms with Crippen molar-refractivity contribution >= 4 is 33.0 Å². The minimum absolute atomic E-state index is 0.558. The molecular formula is C11H12N4O2S2. The summed E-state index contributed by atoms with van der Waals surface area (Å²) in [6.45, 7) is 0. The number of hydrogen-bond donors (Lipinski definition) is 3. The number of hydrogen-bond acceptors (Lipinski definition) is 8.